The third-order valence-electron chi connectivity index (χ3n) is 5.39. The molecule has 0 aromatic heterocycles. The molecule has 2 aliphatic heterocycles. The molecule has 0 bridgehead atoms. The van der Waals surface area contributed by atoms with Gasteiger partial charge in [0, 0.05) is 39.3 Å². The summed E-state index contributed by atoms with van der Waals surface area (Å²) in [6, 6.07) is 5.26. The third kappa shape index (κ3) is 4.83. The minimum Gasteiger partial charge on any atom is -0.213 e. The highest BCUT2D eigenvalue weighted by atomic mass is 32.2. The fourth-order valence-electron chi connectivity index (χ4n) is 3.69. The van der Waals surface area contributed by atoms with Gasteiger partial charge in [0.25, 0.3) is 0 Å². The van der Waals surface area contributed by atoms with Crippen molar-refractivity contribution < 1.29 is 25.3 Å². The summed E-state index contributed by atoms with van der Waals surface area (Å²) >= 11 is 0. The van der Waals surface area contributed by atoms with Gasteiger partial charge in [0.1, 0.15) is 0 Å². The van der Waals surface area contributed by atoms with Gasteiger partial charge in [-0.1, -0.05) is 6.92 Å². The Balaban J connectivity index is 1.76. The Bertz CT molecular complexity index is 1040. The molecule has 2 saturated heterocycles. The Hall–Kier alpha value is -1.05. The highest BCUT2D eigenvalue weighted by Gasteiger charge is 2.32. The van der Waals surface area contributed by atoms with Crippen LogP contribution in [0, 0.1) is 5.92 Å². The highest BCUT2D eigenvalue weighted by molar-refractivity contribution is 7.89. The molecule has 29 heavy (non-hydrogen) atoms. The first-order valence-corrected chi connectivity index (χ1v) is 14.2. The van der Waals surface area contributed by atoms with Gasteiger partial charge in [-0.05, 0) is 43.0 Å². The molecule has 0 N–H and O–H groups in total. The SMILES string of the molecule is C[C@H]1CCCN(S(=O)(=O)c2ccc(S(=O)(=O)N3CCN(S(C)(=O)=O)CC3)cc2)C1. The van der Waals surface area contributed by atoms with Crippen LogP contribution in [-0.4, -0.2) is 83.7 Å². The van der Waals surface area contributed by atoms with Gasteiger partial charge in [0.05, 0.1) is 16.0 Å². The lowest BCUT2D eigenvalue weighted by molar-refractivity contribution is 0.274. The van der Waals surface area contributed by atoms with E-state index in [1.165, 1.54) is 37.2 Å². The van der Waals surface area contributed by atoms with Crippen molar-refractivity contribution in [2.24, 2.45) is 5.92 Å². The van der Waals surface area contributed by atoms with E-state index in [0.29, 0.717) is 19.0 Å². The summed E-state index contributed by atoms with van der Waals surface area (Å²) in [6.45, 7) is 3.25. The second-order valence-corrected chi connectivity index (χ2v) is 13.5. The highest BCUT2D eigenvalue weighted by Crippen LogP contribution is 2.25. The Morgan fingerprint density at radius 2 is 1.17 bits per heavy atom. The summed E-state index contributed by atoms with van der Waals surface area (Å²) in [5.41, 5.74) is 0. The molecule has 0 radical (unpaired) electrons. The Morgan fingerprint density at radius 1 is 0.724 bits per heavy atom. The molecule has 1 aromatic carbocycles. The predicted octanol–water partition coefficient (Wildman–Crippen LogP) is 0.373. The monoisotopic (exact) mass is 465 g/mol. The van der Waals surface area contributed by atoms with Gasteiger partial charge in [0.15, 0.2) is 0 Å². The van der Waals surface area contributed by atoms with Crippen LogP contribution in [0.4, 0.5) is 0 Å². The normalized spacial score (nSPS) is 23.9. The van der Waals surface area contributed by atoms with Gasteiger partial charge >= 0.3 is 0 Å². The summed E-state index contributed by atoms with van der Waals surface area (Å²) in [5, 5.41) is 0. The van der Waals surface area contributed by atoms with Crippen molar-refractivity contribution in [3.8, 4) is 0 Å². The molecule has 1 aromatic rings. The van der Waals surface area contributed by atoms with E-state index < -0.39 is 30.1 Å². The van der Waals surface area contributed by atoms with E-state index in [1.54, 1.807) is 0 Å². The molecule has 0 saturated carbocycles. The van der Waals surface area contributed by atoms with Crippen molar-refractivity contribution in [3.05, 3.63) is 24.3 Å². The molecule has 1 atom stereocenters. The van der Waals surface area contributed by atoms with E-state index in [2.05, 4.69) is 0 Å². The summed E-state index contributed by atoms with van der Waals surface area (Å²) in [7, 11) is -10.8. The maximum absolute atomic E-state index is 12.8. The largest absolute Gasteiger partial charge is 0.243 e. The van der Waals surface area contributed by atoms with Gasteiger partial charge in [-0.15, -0.1) is 0 Å². The van der Waals surface area contributed by atoms with E-state index in [4.69, 9.17) is 0 Å². The molecule has 2 fully saturated rings. The lowest BCUT2D eigenvalue weighted by Gasteiger charge is -2.32. The van der Waals surface area contributed by atoms with Gasteiger partial charge in [-0.2, -0.15) is 12.9 Å². The predicted molar refractivity (Wildman–Crippen MR) is 109 cm³/mol. The van der Waals surface area contributed by atoms with E-state index in [1.807, 2.05) is 6.92 Å². The van der Waals surface area contributed by atoms with Crippen molar-refractivity contribution in [1.29, 1.82) is 0 Å². The van der Waals surface area contributed by atoms with Crippen LogP contribution < -0.4 is 0 Å². The van der Waals surface area contributed by atoms with Gasteiger partial charge in [-0.25, -0.2) is 25.3 Å². The maximum atomic E-state index is 12.8. The molecule has 2 aliphatic rings. The second kappa shape index (κ2) is 8.23. The van der Waals surface area contributed by atoms with Crippen molar-refractivity contribution in [2.45, 2.75) is 29.6 Å². The average molecular weight is 466 g/mol. The summed E-state index contributed by atoms with van der Waals surface area (Å²) in [5.74, 6) is 0.295. The molecule has 0 amide bonds. The first-order valence-electron chi connectivity index (χ1n) is 9.48. The van der Waals surface area contributed by atoms with Crippen LogP contribution in [0.1, 0.15) is 19.8 Å². The Morgan fingerprint density at radius 3 is 1.62 bits per heavy atom. The van der Waals surface area contributed by atoms with Gasteiger partial charge < -0.3 is 0 Å². The Kier molecular flexibility index (Phi) is 6.42. The van der Waals surface area contributed by atoms with Crippen LogP contribution in [0.3, 0.4) is 0 Å². The minimum absolute atomic E-state index is 0.00346. The summed E-state index contributed by atoms with van der Waals surface area (Å²) in [4.78, 5) is 0.0729. The quantitative estimate of drug-likeness (QED) is 0.621. The molecule has 9 nitrogen and oxygen atoms in total. The first-order chi connectivity index (χ1) is 13.4. The van der Waals surface area contributed by atoms with E-state index >= 15 is 0 Å². The standard InChI is InChI=1S/C17H27N3O6S3/c1-15-4-3-9-20(14-15)29(25,26)17-7-5-16(6-8-17)28(23,24)19-12-10-18(11-13-19)27(2,21)22/h5-8,15H,3-4,9-14H2,1-2H3/t15-/m0/s1. The van der Waals surface area contributed by atoms with E-state index in [9.17, 15) is 25.3 Å². The maximum Gasteiger partial charge on any atom is 0.243 e. The van der Waals surface area contributed by atoms with Gasteiger partial charge in [0.2, 0.25) is 30.1 Å². The van der Waals surface area contributed by atoms with Crippen LogP contribution in [0.15, 0.2) is 34.1 Å². The van der Waals surface area contributed by atoms with Crippen LogP contribution in [0.5, 0.6) is 0 Å². The number of hydrogen-bond donors (Lipinski definition) is 0. The lowest BCUT2D eigenvalue weighted by atomic mass is 10.0. The Labute approximate surface area is 173 Å². The molecular formula is C17H27N3O6S3. The number of piperidine rings is 1. The number of benzene rings is 1. The number of rotatable bonds is 5. The smallest absolute Gasteiger partial charge is 0.213 e. The molecule has 12 heteroatoms. The average Bonchev–Trinajstić information content (AvgIpc) is 2.67. The first kappa shape index (κ1) is 22.6. The number of piperazine rings is 1. The topological polar surface area (TPSA) is 112 Å². The molecule has 2 heterocycles. The van der Waals surface area contributed by atoms with Crippen molar-refractivity contribution >= 4 is 30.1 Å². The third-order valence-corrected chi connectivity index (χ3v) is 10.5. The van der Waals surface area contributed by atoms with Crippen LogP contribution in [0.25, 0.3) is 0 Å². The molecule has 3 rings (SSSR count). The van der Waals surface area contributed by atoms with Gasteiger partial charge in [-0.3, -0.25) is 0 Å². The molecular weight excluding hydrogens is 438 g/mol. The molecule has 0 aliphatic carbocycles. The second-order valence-electron chi connectivity index (χ2n) is 7.65. The number of sulfonamides is 3. The molecule has 0 unspecified atom stereocenters. The van der Waals surface area contributed by atoms with Crippen LogP contribution in [-0.2, 0) is 30.1 Å². The fraction of sp³-hybridized carbons (Fsp3) is 0.647. The van der Waals surface area contributed by atoms with Crippen molar-refractivity contribution in [1.82, 2.24) is 12.9 Å². The number of nitrogens with zero attached hydrogens (tertiary/aromatic N) is 3. The minimum atomic E-state index is -3.82. The molecule has 164 valence electrons. The van der Waals surface area contributed by atoms with Crippen LogP contribution in [0.2, 0.25) is 0 Å². The fourth-order valence-corrected chi connectivity index (χ4v) is 7.54. The van der Waals surface area contributed by atoms with Crippen LogP contribution >= 0.6 is 0 Å². The zero-order valence-electron chi connectivity index (χ0n) is 16.6. The lowest BCUT2D eigenvalue weighted by Crippen LogP contribution is -2.50. The summed E-state index contributed by atoms with van der Waals surface area (Å²) < 4.78 is 78.5. The molecule has 0 spiro atoms. The van der Waals surface area contributed by atoms with Crippen molar-refractivity contribution in [3.63, 3.8) is 0 Å². The van der Waals surface area contributed by atoms with E-state index in [0.717, 1.165) is 19.1 Å². The summed E-state index contributed by atoms with van der Waals surface area (Å²) in [6.07, 6.45) is 2.90. The van der Waals surface area contributed by atoms with E-state index in [-0.39, 0.29) is 36.0 Å². The zero-order chi connectivity index (χ0) is 21.4. The number of hydrogen-bond acceptors (Lipinski definition) is 6. The van der Waals surface area contributed by atoms with Crippen molar-refractivity contribution in [2.75, 3.05) is 45.5 Å². The zero-order valence-corrected chi connectivity index (χ0v) is 19.0.